The molecule has 1 rings (SSSR count). The quantitative estimate of drug-likeness (QED) is 0.806. The van der Waals surface area contributed by atoms with E-state index < -0.39 is 6.10 Å². The van der Waals surface area contributed by atoms with Gasteiger partial charge in [-0.2, -0.15) is 0 Å². The normalized spacial score (nSPS) is 14.6. The number of hydrogen-bond acceptors (Lipinski definition) is 3. The largest absolute Gasteiger partial charge is 0.493 e. The predicted molar refractivity (Wildman–Crippen MR) is 63.6 cm³/mol. The summed E-state index contributed by atoms with van der Waals surface area (Å²) in [6.07, 6.45) is -0.310. The van der Waals surface area contributed by atoms with Gasteiger partial charge >= 0.3 is 0 Å². The molecule has 3 heteroatoms. The van der Waals surface area contributed by atoms with Crippen LogP contribution in [0.15, 0.2) is 18.2 Å². The van der Waals surface area contributed by atoms with Crippen LogP contribution in [-0.2, 0) is 0 Å². The third kappa shape index (κ3) is 3.83. The van der Waals surface area contributed by atoms with Crippen molar-refractivity contribution < 1.29 is 14.9 Å². The summed E-state index contributed by atoms with van der Waals surface area (Å²) in [6.45, 7) is 5.88. The summed E-state index contributed by atoms with van der Waals surface area (Å²) in [7, 11) is 0. The van der Waals surface area contributed by atoms with Gasteiger partial charge in [0.1, 0.15) is 5.75 Å². The Kier molecular flexibility index (Phi) is 4.77. The Morgan fingerprint density at radius 2 is 1.94 bits per heavy atom. The first-order chi connectivity index (χ1) is 7.50. The molecule has 90 valence electrons. The molecule has 3 nitrogen and oxygen atoms in total. The molecule has 2 unspecified atom stereocenters. The molecule has 0 aliphatic carbocycles. The lowest BCUT2D eigenvalue weighted by Gasteiger charge is -2.14. The summed E-state index contributed by atoms with van der Waals surface area (Å²) >= 11 is 0. The fourth-order valence-corrected chi connectivity index (χ4v) is 1.45. The number of hydrogen-bond donors (Lipinski definition) is 2. The smallest absolute Gasteiger partial charge is 0.125 e. The molecule has 0 saturated heterocycles. The molecule has 1 aromatic rings. The van der Waals surface area contributed by atoms with Crippen LogP contribution in [0.25, 0.3) is 0 Å². The zero-order valence-electron chi connectivity index (χ0n) is 10.1. The van der Waals surface area contributed by atoms with E-state index in [0.29, 0.717) is 18.8 Å². The third-order valence-corrected chi connectivity index (χ3v) is 2.41. The minimum atomic E-state index is -0.540. The van der Waals surface area contributed by atoms with E-state index in [2.05, 4.69) is 0 Å². The van der Waals surface area contributed by atoms with Crippen LogP contribution in [0.2, 0.25) is 0 Å². The van der Waals surface area contributed by atoms with Crippen molar-refractivity contribution >= 4 is 0 Å². The number of aliphatic hydroxyl groups excluding tert-OH is 2. The molecule has 0 aromatic heterocycles. The van der Waals surface area contributed by atoms with Gasteiger partial charge in [0.2, 0.25) is 0 Å². The molecule has 0 radical (unpaired) electrons. The molecule has 0 amide bonds. The highest BCUT2D eigenvalue weighted by Gasteiger charge is 2.09. The van der Waals surface area contributed by atoms with Crippen molar-refractivity contribution in [1.82, 2.24) is 0 Å². The van der Waals surface area contributed by atoms with Crippen molar-refractivity contribution in [2.75, 3.05) is 6.61 Å². The lowest BCUT2D eigenvalue weighted by molar-refractivity contribution is 0.151. The van der Waals surface area contributed by atoms with E-state index in [1.165, 1.54) is 0 Å². The molecule has 0 spiro atoms. The summed E-state index contributed by atoms with van der Waals surface area (Å²) in [5.74, 6) is 0.704. The second kappa shape index (κ2) is 5.87. The van der Waals surface area contributed by atoms with Crippen LogP contribution in [-0.4, -0.2) is 22.9 Å². The Hall–Kier alpha value is -1.06. The van der Waals surface area contributed by atoms with E-state index in [-0.39, 0.29) is 6.10 Å². The Labute approximate surface area is 96.7 Å². The van der Waals surface area contributed by atoms with Crippen LogP contribution in [0.5, 0.6) is 5.75 Å². The molecule has 16 heavy (non-hydrogen) atoms. The molecular formula is C13H20O3. The van der Waals surface area contributed by atoms with Crippen molar-refractivity contribution in [1.29, 1.82) is 0 Å². The molecule has 0 fully saturated rings. The molecule has 0 aliphatic rings. The Balaban J connectivity index is 2.72. The van der Waals surface area contributed by atoms with Crippen molar-refractivity contribution in [2.24, 2.45) is 0 Å². The van der Waals surface area contributed by atoms with Gasteiger partial charge < -0.3 is 14.9 Å². The first-order valence-electron chi connectivity index (χ1n) is 5.60. The van der Waals surface area contributed by atoms with E-state index >= 15 is 0 Å². The van der Waals surface area contributed by atoms with Gasteiger partial charge in [-0.3, -0.25) is 0 Å². The molecular weight excluding hydrogens is 204 g/mol. The number of rotatable bonds is 5. The van der Waals surface area contributed by atoms with Crippen LogP contribution in [0.3, 0.4) is 0 Å². The van der Waals surface area contributed by atoms with Gasteiger partial charge in [0.25, 0.3) is 0 Å². The van der Waals surface area contributed by atoms with Crippen LogP contribution >= 0.6 is 0 Å². The second-order valence-corrected chi connectivity index (χ2v) is 4.20. The fraction of sp³-hybridized carbons (Fsp3) is 0.538. The molecule has 2 N–H and O–H groups in total. The third-order valence-electron chi connectivity index (χ3n) is 2.41. The number of aryl methyl sites for hydroxylation is 1. The summed E-state index contributed by atoms with van der Waals surface area (Å²) < 4.78 is 5.57. The maximum absolute atomic E-state index is 9.57. The van der Waals surface area contributed by atoms with Crippen LogP contribution < -0.4 is 4.74 Å². The van der Waals surface area contributed by atoms with Gasteiger partial charge in [-0.05, 0) is 32.4 Å². The van der Waals surface area contributed by atoms with Crippen molar-refractivity contribution in [3.05, 3.63) is 29.3 Å². The zero-order chi connectivity index (χ0) is 12.1. The number of ether oxygens (including phenoxy) is 1. The summed E-state index contributed by atoms with van der Waals surface area (Å²) in [5.41, 5.74) is 1.88. The highest BCUT2D eigenvalue weighted by Crippen LogP contribution is 2.26. The molecule has 0 aliphatic heterocycles. The zero-order valence-corrected chi connectivity index (χ0v) is 10.1. The van der Waals surface area contributed by atoms with E-state index in [4.69, 9.17) is 9.84 Å². The molecule has 1 aromatic carbocycles. The van der Waals surface area contributed by atoms with Gasteiger partial charge in [-0.15, -0.1) is 0 Å². The fourth-order valence-electron chi connectivity index (χ4n) is 1.45. The highest BCUT2D eigenvalue weighted by atomic mass is 16.5. The van der Waals surface area contributed by atoms with Crippen molar-refractivity contribution in [3.63, 3.8) is 0 Å². The molecule has 2 atom stereocenters. The van der Waals surface area contributed by atoms with E-state index in [1.807, 2.05) is 25.1 Å². The van der Waals surface area contributed by atoms with Gasteiger partial charge in [0.05, 0.1) is 18.8 Å². The summed E-state index contributed by atoms with van der Waals surface area (Å²) in [5, 5.41) is 18.7. The average Bonchev–Trinajstić information content (AvgIpc) is 2.16. The summed E-state index contributed by atoms with van der Waals surface area (Å²) in [4.78, 5) is 0. The first kappa shape index (κ1) is 13.0. The minimum absolute atomic E-state index is 0.361. The number of aliphatic hydroxyl groups is 2. The maximum Gasteiger partial charge on any atom is 0.125 e. The monoisotopic (exact) mass is 224 g/mol. The summed E-state index contributed by atoms with van der Waals surface area (Å²) in [6, 6.07) is 5.73. The topological polar surface area (TPSA) is 49.7 Å². The highest BCUT2D eigenvalue weighted by molar-refractivity contribution is 5.38. The van der Waals surface area contributed by atoms with Crippen LogP contribution in [0.4, 0.5) is 0 Å². The average molecular weight is 224 g/mol. The Morgan fingerprint density at radius 3 is 2.50 bits per heavy atom. The molecule has 0 saturated carbocycles. The van der Waals surface area contributed by atoms with Crippen LogP contribution in [0, 0.1) is 6.92 Å². The van der Waals surface area contributed by atoms with Gasteiger partial charge in [0.15, 0.2) is 0 Å². The SMILES string of the molecule is Cc1ccc(C(C)O)c(OCCC(C)O)c1. The first-order valence-corrected chi connectivity index (χ1v) is 5.60. The van der Waals surface area contributed by atoms with E-state index in [0.717, 1.165) is 11.1 Å². The maximum atomic E-state index is 9.57. The van der Waals surface area contributed by atoms with Gasteiger partial charge in [-0.25, -0.2) is 0 Å². The predicted octanol–water partition coefficient (Wildman–Crippen LogP) is 2.20. The molecule has 0 bridgehead atoms. The Bertz CT molecular complexity index is 332. The lowest BCUT2D eigenvalue weighted by Crippen LogP contribution is -2.09. The van der Waals surface area contributed by atoms with E-state index in [1.54, 1.807) is 13.8 Å². The number of benzene rings is 1. The van der Waals surface area contributed by atoms with Crippen molar-refractivity contribution in [3.8, 4) is 5.75 Å². The van der Waals surface area contributed by atoms with Gasteiger partial charge in [-0.1, -0.05) is 12.1 Å². The second-order valence-electron chi connectivity index (χ2n) is 4.20. The standard InChI is InChI=1S/C13H20O3/c1-9-4-5-12(11(3)15)13(8-9)16-7-6-10(2)14/h4-5,8,10-11,14-15H,6-7H2,1-3H3. The van der Waals surface area contributed by atoms with E-state index in [9.17, 15) is 5.11 Å². The lowest BCUT2D eigenvalue weighted by atomic mass is 10.1. The van der Waals surface area contributed by atoms with Crippen molar-refractivity contribution in [2.45, 2.75) is 39.4 Å². The minimum Gasteiger partial charge on any atom is -0.493 e. The Morgan fingerprint density at radius 1 is 1.25 bits per heavy atom. The van der Waals surface area contributed by atoms with Gasteiger partial charge in [0, 0.05) is 12.0 Å². The molecule has 0 heterocycles. The van der Waals surface area contributed by atoms with Crippen LogP contribution in [0.1, 0.15) is 37.5 Å².